The molecule has 6 fully saturated rings. The van der Waals surface area contributed by atoms with Gasteiger partial charge >= 0.3 is 0 Å². The molecule has 154 valence electrons. The highest BCUT2D eigenvalue weighted by Crippen LogP contribution is 2.52. The van der Waals surface area contributed by atoms with Gasteiger partial charge in [-0.1, -0.05) is 12.1 Å². The van der Waals surface area contributed by atoms with Gasteiger partial charge in [0.05, 0.1) is 5.56 Å². The van der Waals surface area contributed by atoms with E-state index in [-0.39, 0.29) is 29.6 Å². The second kappa shape index (κ2) is 6.46. The van der Waals surface area contributed by atoms with Gasteiger partial charge in [-0.3, -0.25) is 9.59 Å². The van der Waals surface area contributed by atoms with Crippen LogP contribution < -0.4 is 15.4 Å². The number of carbonyl (C=O) groups excluding carboxylic acids is 2. The summed E-state index contributed by atoms with van der Waals surface area (Å²) in [6, 6.07) is 7.79. The molecule has 4 aliphatic heterocycles. The summed E-state index contributed by atoms with van der Waals surface area (Å²) in [5.41, 5.74) is -0.0305. The number of nitrogens with zero attached hydrogens (tertiary/aromatic N) is 1. The predicted molar refractivity (Wildman–Crippen MR) is 107 cm³/mol. The Bertz CT molecular complexity index is 850. The van der Waals surface area contributed by atoms with Crippen molar-refractivity contribution in [1.82, 2.24) is 15.5 Å². The molecule has 2 amide bonds. The minimum absolute atomic E-state index is 0.0484. The van der Waals surface area contributed by atoms with Crippen molar-refractivity contribution in [2.24, 2.45) is 23.7 Å². The van der Waals surface area contributed by atoms with Gasteiger partial charge in [-0.2, -0.15) is 0 Å². The zero-order valence-electron chi connectivity index (χ0n) is 16.7. The minimum Gasteiger partial charge on any atom is -0.467 e. The summed E-state index contributed by atoms with van der Waals surface area (Å²) < 4.78 is 6.41. The number of rotatable bonds is 2. The Morgan fingerprint density at radius 3 is 2.69 bits per heavy atom. The summed E-state index contributed by atoms with van der Waals surface area (Å²) in [5.74, 6) is 2.01. The number of hydrogen-bond donors (Lipinski definition) is 2. The molecule has 4 heterocycles. The van der Waals surface area contributed by atoms with E-state index in [0.29, 0.717) is 23.3 Å². The first-order chi connectivity index (χ1) is 14.1. The van der Waals surface area contributed by atoms with Gasteiger partial charge in [0, 0.05) is 30.8 Å². The average Bonchev–Trinajstić information content (AvgIpc) is 2.75. The minimum atomic E-state index is -0.638. The lowest BCUT2D eigenvalue weighted by Gasteiger charge is -2.55. The average molecular weight is 396 g/mol. The van der Waals surface area contributed by atoms with Gasteiger partial charge < -0.3 is 20.3 Å². The van der Waals surface area contributed by atoms with Crippen LogP contribution in [0.1, 0.15) is 48.9 Å². The van der Waals surface area contributed by atoms with E-state index in [1.807, 2.05) is 24.3 Å². The van der Waals surface area contributed by atoms with Crippen LogP contribution in [0.25, 0.3) is 0 Å². The largest absolute Gasteiger partial charge is 0.467 e. The van der Waals surface area contributed by atoms with Crippen LogP contribution >= 0.6 is 0 Å². The Kier molecular flexibility index (Phi) is 3.95. The van der Waals surface area contributed by atoms with E-state index < -0.39 is 5.72 Å². The molecule has 29 heavy (non-hydrogen) atoms. The van der Waals surface area contributed by atoms with E-state index in [9.17, 15) is 9.59 Å². The van der Waals surface area contributed by atoms with E-state index in [1.165, 1.54) is 25.9 Å². The Hall–Kier alpha value is -2.08. The van der Waals surface area contributed by atoms with Crippen LogP contribution in [0.3, 0.4) is 0 Å². The van der Waals surface area contributed by atoms with Crippen molar-refractivity contribution in [2.45, 2.75) is 50.3 Å². The zero-order chi connectivity index (χ0) is 19.6. The van der Waals surface area contributed by atoms with Gasteiger partial charge in [0.25, 0.3) is 5.91 Å². The predicted octanol–water partition coefficient (Wildman–Crippen LogP) is 2.15. The van der Waals surface area contributed by atoms with Crippen LogP contribution in [-0.2, 0) is 4.79 Å². The SMILES string of the molecule is O=C1N[C@@]2(C[C@H]3CC[C@@H]2C[C@@H]3C(=O)N[C@@H]2CN3CCC2CC3)Oc2ccccc21. The maximum Gasteiger partial charge on any atom is 0.258 e. The summed E-state index contributed by atoms with van der Waals surface area (Å²) in [5, 5.41) is 6.59. The van der Waals surface area contributed by atoms with Crippen LogP contribution in [0.5, 0.6) is 5.75 Å². The monoisotopic (exact) mass is 395 g/mol. The fraction of sp³-hybridized carbons (Fsp3) is 0.652. The lowest BCUT2D eigenvalue weighted by molar-refractivity contribution is -0.148. The fourth-order valence-electron chi connectivity index (χ4n) is 6.70. The molecule has 1 aromatic carbocycles. The third kappa shape index (κ3) is 2.79. The summed E-state index contributed by atoms with van der Waals surface area (Å²) in [6.07, 6.45) is 6.02. The third-order valence-corrected chi connectivity index (χ3v) is 8.29. The van der Waals surface area contributed by atoms with Crippen LogP contribution in [0, 0.1) is 23.7 Å². The van der Waals surface area contributed by atoms with Gasteiger partial charge in [-0.25, -0.2) is 0 Å². The molecule has 8 rings (SSSR count). The van der Waals surface area contributed by atoms with Crippen LogP contribution in [0.15, 0.2) is 24.3 Å². The Labute approximate surface area is 171 Å². The molecule has 6 heteroatoms. The zero-order valence-corrected chi connectivity index (χ0v) is 16.7. The molecule has 7 aliphatic rings. The first kappa shape index (κ1) is 17.8. The second-order valence-corrected chi connectivity index (χ2v) is 9.78. The number of amides is 2. The molecule has 5 atom stereocenters. The van der Waals surface area contributed by atoms with Crippen molar-refractivity contribution in [2.75, 3.05) is 19.6 Å². The molecule has 0 unspecified atom stereocenters. The van der Waals surface area contributed by atoms with Gasteiger partial charge in [0.2, 0.25) is 5.91 Å². The quantitative estimate of drug-likeness (QED) is 0.805. The molecule has 3 saturated heterocycles. The lowest BCUT2D eigenvalue weighted by atomic mass is 9.59. The van der Waals surface area contributed by atoms with Crippen LogP contribution in [-0.4, -0.2) is 48.1 Å². The highest BCUT2D eigenvalue weighted by molar-refractivity contribution is 5.98. The highest BCUT2D eigenvalue weighted by Gasteiger charge is 2.57. The van der Waals surface area contributed by atoms with Crippen molar-refractivity contribution in [3.63, 3.8) is 0 Å². The standard InChI is InChI=1S/C23H29N3O3/c27-21(24-19-13-26-9-7-14(19)8-10-26)18-11-16-6-5-15(18)12-23(16)25-22(28)17-3-1-2-4-20(17)29-23/h1-4,14-16,18-19H,5-13H2,(H,24,27)(H,25,28)/t15-,16-,18+,19-,23+/m1/s1. The van der Waals surface area contributed by atoms with Crippen LogP contribution in [0.2, 0.25) is 0 Å². The molecular formula is C23H29N3O3. The van der Waals surface area contributed by atoms with Crippen molar-refractivity contribution < 1.29 is 14.3 Å². The van der Waals surface area contributed by atoms with E-state index in [4.69, 9.17) is 4.74 Å². The molecule has 1 aromatic rings. The number of carbonyl (C=O) groups is 2. The molecule has 0 aromatic heterocycles. The van der Waals surface area contributed by atoms with Crippen molar-refractivity contribution in [1.29, 1.82) is 0 Å². The summed E-state index contributed by atoms with van der Waals surface area (Å²) in [6.45, 7) is 3.38. The van der Waals surface area contributed by atoms with Gasteiger partial charge in [0.15, 0.2) is 5.72 Å². The number of nitrogens with one attached hydrogen (secondary N) is 2. The Morgan fingerprint density at radius 1 is 1.14 bits per heavy atom. The number of ether oxygens (including phenoxy) is 1. The number of benzene rings is 1. The van der Waals surface area contributed by atoms with E-state index in [2.05, 4.69) is 15.5 Å². The number of para-hydroxylation sites is 1. The van der Waals surface area contributed by atoms with Gasteiger partial charge in [0.1, 0.15) is 5.75 Å². The first-order valence-electron chi connectivity index (χ1n) is 11.2. The van der Waals surface area contributed by atoms with Crippen molar-refractivity contribution in [3.05, 3.63) is 29.8 Å². The topological polar surface area (TPSA) is 70.7 Å². The molecule has 2 N–H and O–H groups in total. The smallest absolute Gasteiger partial charge is 0.258 e. The Morgan fingerprint density at radius 2 is 1.97 bits per heavy atom. The number of hydrogen-bond acceptors (Lipinski definition) is 4. The summed E-state index contributed by atoms with van der Waals surface area (Å²) in [4.78, 5) is 28.4. The molecule has 1 spiro atoms. The number of fused-ring (bicyclic) bond motifs is 6. The normalized spacial score (nSPS) is 42.1. The lowest BCUT2D eigenvalue weighted by Crippen LogP contribution is -2.67. The van der Waals surface area contributed by atoms with Crippen molar-refractivity contribution in [3.8, 4) is 5.75 Å². The molecule has 6 nitrogen and oxygen atoms in total. The fourth-order valence-corrected chi connectivity index (χ4v) is 6.70. The molecule has 0 radical (unpaired) electrons. The second-order valence-electron chi connectivity index (χ2n) is 9.78. The van der Waals surface area contributed by atoms with E-state index >= 15 is 0 Å². The molecular weight excluding hydrogens is 366 g/mol. The third-order valence-electron chi connectivity index (χ3n) is 8.29. The van der Waals surface area contributed by atoms with Gasteiger partial charge in [-0.15, -0.1) is 0 Å². The summed E-state index contributed by atoms with van der Waals surface area (Å²) in [7, 11) is 0. The van der Waals surface area contributed by atoms with Gasteiger partial charge in [-0.05, 0) is 69.2 Å². The highest BCUT2D eigenvalue weighted by atomic mass is 16.5. The molecule has 3 saturated carbocycles. The number of piperidine rings is 3. The molecule has 3 aliphatic carbocycles. The maximum absolute atomic E-state index is 13.2. The maximum atomic E-state index is 13.2. The van der Waals surface area contributed by atoms with E-state index in [0.717, 1.165) is 32.2 Å². The molecule has 4 bridgehead atoms. The van der Waals surface area contributed by atoms with E-state index in [1.54, 1.807) is 0 Å². The first-order valence-corrected chi connectivity index (χ1v) is 11.2. The Balaban J connectivity index is 1.18. The van der Waals surface area contributed by atoms with Crippen molar-refractivity contribution >= 4 is 11.8 Å². The summed E-state index contributed by atoms with van der Waals surface area (Å²) >= 11 is 0. The van der Waals surface area contributed by atoms with Crippen LogP contribution in [0.4, 0.5) is 0 Å².